The Morgan fingerprint density at radius 2 is 1.56 bits per heavy atom. The van der Waals surface area contributed by atoms with Gasteiger partial charge in [-0.1, -0.05) is 76.8 Å². The molecular weight excluding hydrogens is 594 g/mol. The first-order valence-electron chi connectivity index (χ1n) is 11.4. The van der Waals surface area contributed by atoms with Crippen LogP contribution in [-0.4, -0.2) is 44.3 Å². The van der Waals surface area contributed by atoms with Gasteiger partial charge in [0.2, 0.25) is 11.0 Å². The highest BCUT2D eigenvalue weighted by molar-refractivity contribution is 8.02. The number of thioether (sulfide) groups is 2. The fourth-order valence-corrected chi connectivity index (χ4v) is 6.98. The predicted octanol–water partition coefficient (Wildman–Crippen LogP) is 6.76. The summed E-state index contributed by atoms with van der Waals surface area (Å²) in [4.78, 5) is 41.8. The van der Waals surface area contributed by atoms with E-state index >= 15 is 0 Å². The van der Waals surface area contributed by atoms with Crippen molar-refractivity contribution in [3.8, 4) is 0 Å². The number of fused-ring (bicyclic) bond motifs is 1. The minimum Gasteiger partial charge on any atom is -0.322 e. The number of hydrogen-bond donors (Lipinski definition) is 2. The molecule has 0 bridgehead atoms. The van der Waals surface area contributed by atoms with Gasteiger partial charge in [-0.25, -0.2) is 4.98 Å². The van der Waals surface area contributed by atoms with Gasteiger partial charge < -0.3 is 5.32 Å². The third-order valence-electron chi connectivity index (χ3n) is 5.14. The Labute approximate surface area is 244 Å². The van der Waals surface area contributed by atoms with Gasteiger partial charge in [0.15, 0.2) is 14.5 Å². The largest absolute Gasteiger partial charge is 0.322 e. The molecule has 0 atom stereocenters. The maximum Gasteiger partial charge on any atom is 0.255 e. The molecule has 39 heavy (non-hydrogen) atoms. The number of amides is 2. The second kappa shape index (κ2) is 12.7. The maximum atomic E-state index is 12.5. The molecule has 0 aliphatic rings. The maximum absolute atomic E-state index is 12.5. The summed E-state index contributed by atoms with van der Waals surface area (Å²) < 4.78 is 2.23. The normalized spacial score (nSPS) is 10.9. The number of hydrogen-bond acceptors (Lipinski definition) is 10. The third kappa shape index (κ3) is 7.43. The van der Waals surface area contributed by atoms with Crippen LogP contribution in [0, 0.1) is 0 Å². The Hall–Kier alpha value is -3.29. The fourth-order valence-electron chi connectivity index (χ4n) is 3.28. The molecule has 0 unspecified atom stereocenters. The Bertz CT molecular complexity index is 1640. The number of nitrogens with one attached hydrogen (secondary N) is 2. The summed E-state index contributed by atoms with van der Waals surface area (Å²) in [5, 5.41) is 14.6. The monoisotopic (exact) mass is 611 g/mol. The van der Waals surface area contributed by atoms with Gasteiger partial charge in [0.05, 0.1) is 21.7 Å². The number of rotatable bonds is 10. The summed E-state index contributed by atoms with van der Waals surface area (Å²) in [6, 6.07) is 21.2. The molecule has 5 aromatic rings. The smallest absolute Gasteiger partial charge is 0.255 e. The summed E-state index contributed by atoms with van der Waals surface area (Å²) in [5.41, 5.74) is 2.58. The van der Waals surface area contributed by atoms with E-state index < -0.39 is 0 Å². The van der Waals surface area contributed by atoms with Gasteiger partial charge in [0.25, 0.3) is 5.91 Å². The summed E-state index contributed by atoms with van der Waals surface area (Å²) in [6.45, 7) is 0. The average Bonchev–Trinajstić information content (AvgIpc) is 3.57. The van der Waals surface area contributed by atoms with Crippen LogP contribution >= 0.6 is 57.8 Å². The van der Waals surface area contributed by atoms with E-state index in [9.17, 15) is 14.4 Å². The van der Waals surface area contributed by atoms with Crippen LogP contribution in [0.25, 0.3) is 10.2 Å². The molecule has 2 aromatic heterocycles. The zero-order valence-corrected chi connectivity index (χ0v) is 23.9. The molecule has 5 rings (SSSR count). The van der Waals surface area contributed by atoms with E-state index in [1.54, 1.807) is 42.5 Å². The molecule has 2 amide bonds. The number of benzene rings is 3. The number of nitrogens with zero attached hydrogens (tertiary/aromatic N) is 3. The second-order valence-corrected chi connectivity index (χ2v) is 12.8. The molecule has 13 heteroatoms. The van der Waals surface area contributed by atoms with E-state index in [-0.39, 0.29) is 29.1 Å². The lowest BCUT2D eigenvalue weighted by Crippen LogP contribution is -2.13. The molecule has 0 fully saturated rings. The lowest BCUT2D eigenvalue weighted by Gasteiger charge is -2.05. The highest BCUT2D eigenvalue weighted by Crippen LogP contribution is 2.32. The van der Waals surface area contributed by atoms with Crippen LogP contribution in [0.4, 0.5) is 10.8 Å². The lowest BCUT2D eigenvalue weighted by molar-refractivity contribution is -0.113. The molecule has 0 aliphatic carbocycles. The van der Waals surface area contributed by atoms with Gasteiger partial charge in [-0.15, -0.1) is 21.5 Å². The Kier molecular flexibility index (Phi) is 8.89. The number of carbonyl (C=O) groups is 3. The fraction of sp³-hybridized carbons (Fsp3) is 0.0769. The van der Waals surface area contributed by atoms with Crippen molar-refractivity contribution in [1.82, 2.24) is 15.2 Å². The van der Waals surface area contributed by atoms with Crippen LogP contribution in [0.5, 0.6) is 0 Å². The molecule has 0 radical (unpaired) electrons. The highest BCUT2D eigenvalue weighted by atomic mass is 35.5. The SMILES string of the molecule is O=C(CSc1nc2ccc(NC(=O)c3ccc(Cl)cc3)cc2s1)Nc1nnc(SCC(=O)c2ccccc2)s1. The van der Waals surface area contributed by atoms with Crippen LogP contribution in [0.15, 0.2) is 81.5 Å². The van der Waals surface area contributed by atoms with Crippen molar-refractivity contribution in [2.24, 2.45) is 0 Å². The van der Waals surface area contributed by atoms with E-state index in [1.165, 1.54) is 46.2 Å². The van der Waals surface area contributed by atoms with Gasteiger partial charge in [-0.05, 0) is 42.5 Å². The van der Waals surface area contributed by atoms with Gasteiger partial charge in [0, 0.05) is 21.8 Å². The first-order chi connectivity index (χ1) is 18.9. The quantitative estimate of drug-likeness (QED) is 0.101. The van der Waals surface area contributed by atoms with Crippen LogP contribution in [0.1, 0.15) is 20.7 Å². The van der Waals surface area contributed by atoms with Gasteiger partial charge in [-0.2, -0.15) is 0 Å². The van der Waals surface area contributed by atoms with E-state index in [1.807, 2.05) is 30.3 Å². The van der Waals surface area contributed by atoms with Crippen LogP contribution in [0.3, 0.4) is 0 Å². The zero-order chi connectivity index (χ0) is 27.2. The molecular formula is C26H18ClN5O3S4. The summed E-state index contributed by atoms with van der Waals surface area (Å²) in [6.07, 6.45) is 0. The highest BCUT2D eigenvalue weighted by Gasteiger charge is 2.14. The van der Waals surface area contributed by atoms with Crippen molar-refractivity contribution >= 4 is 96.4 Å². The third-order valence-corrected chi connectivity index (χ3v) is 9.52. The molecule has 196 valence electrons. The summed E-state index contributed by atoms with van der Waals surface area (Å²) in [7, 11) is 0. The number of anilines is 2. The standard InChI is InChI=1S/C26H18ClN5O3S4/c27-17-8-6-16(7-9-17)23(35)28-18-10-11-19-21(12-18)38-25(29-19)37-14-22(34)30-24-31-32-26(39-24)36-13-20(33)15-4-2-1-3-5-15/h1-12H,13-14H2,(H,28,35)(H,30,31,34). The summed E-state index contributed by atoms with van der Waals surface area (Å²) >= 11 is 11.1. The van der Waals surface area contributed by atoms with E-state index in [4.69, 9.17) is 11.6 Å². The number of ketones is 1. The molecule has 2 heterocycles. The van der Waals surface area contributed by atoms with Crippen molar-refractivity contribution in [2.45, 2.75) is 8.68 Å². The number of aromatic nitrogens is 3. The Morgan fingerprint density at radius 1 is 0.795 bits per heavy atom. The number of carbonyl (C=O) groups excluding carboxylic acids is 3. The van der Waals surface area contributed by atoms with Crippen LogP contribution in [0.2, 0.25) is 5.02 Å². The molecule has 3 aromatic carbocycles. The van der Waals surface area contributed by atoms with Crippen molar-refractivity contribution in [3.05, 3.63) is 88.9 Å². The van der Waals surface area contributed by atoms with Gasteiger partial charge in [-0.3, -0.25) is 19.7 Å². The van der Waals surface area contributed by atoms with Crippen molar-refractivity contribution in [2.75, 3.05) is 22.1 Å². The number of halogens is 1. The minimum absolute atomic E-state index is 0.00433. The molecule has 0 saturated carbocycles. The summed E-state index contributed by atoms with van der Waals surface area (Å²) in [5.74, 6) is -0.0723. The lowest BCUT2D eigenvalue weighted by atomic mass is 10.2. The Balaban J connectivity index is 1.11. The second-order valence-electron chi connectivity index (χ2n) is 7.91. The minimum atomic E-state index is -0.233. The van der Waals surface area contributed by atoms with Gasteiger partial charge >= 0.3 is 0 Å². The van der Waals surface area contributed by atoms with E-state index in [0.29, 0.717) is 31.3 Å². The topological polar surface area (TPSA) is 114 Å². The van der Waals surface area contributed by atoms with E-state index in [2.05, 4.69) is 25.8 Å². The first kappa shape index (κ1) is 27.3. The molecule has 2 N–H and O–H groups in total. The molecule has 0 aliphatic heterocycles. The predicted molar refractivity (Wildman–Crippen MR) is 160 cm³/mol. The molecule has 0 saturated heterocycles. The zero-order valence-electron chi connectivity index (χ0n) is 19.9. The molecule has 0 spiro atoms. The van der Waals surface area contributed by atoms with Crippen LogP contribution < -0.4 is 10.6 Å². The number of thiazole rings is 1. The van der Waals surface area contributed by atoms with Crippen molar-refractivity contribution in [3.63, 3.8) is 0 Å². The molecule has 8 nitrogen and oxygen atoms in total. The average molecular weight is 612 g/mol. The van der Waals surface area contributed by atoms with E-state index in [0.717, 1.165) is 14.6 Å². The van der Waals surface area contributed by atoms with Crippen LogP contribution in [-0.2, 0) is 4.79 Å². The van der Waals surface area contributed by atoms with Crippen molar-refractivity contribution < 1.29 is 14.4 Å². The Morgan fingerprint density at radius 3 is 2.36 bits per heavy atom. The first-order valence-corrected chi connectivity index (χ1v) is 15.4. The number of Topliss-reactive ketones (excluding diaryl/α,β-unsaturated/α-hetero) is 1. The van der Waals surface area contributed by atoms with Gasteiger partial charge in [0.1, 0.15) is 0 Å². The van der Waals surface area contributed by atoms with Crippen molar-refractivity contribution in [1.29, 1.82) is 0 Å².